The standard InChI is InChI=1S/C29H24F7N9/c1-15-19(4-5-22(30)41-15)25(21-13-45(44-43-21)27(6-7-27)29(34,35)36)42-18-8-16(10-37)23-20(9-18)24(17(11-38)12-39-23)40-14-26(2,3)28(31,32)33/h4-5,8-9,12-13,25,42H,6-7,14H2,1-3H3,(H,39,40). The molecule has 1 unspecified atom stereocenters. The number of pyridine rings is 2. The molecule has 45 heavy (non-hydrogen) atoms. The van der Waals surface area contributed by atoms with Gasteiger partial charge >= 0.3 is 12.4 Å². The fourth-order valence-corrected chi connectivity index (χ4v) is 4.86. The Kier molecular flexibility index (Phi) is 7.59. The molecule has 2 N–H and O–H groups in total. The summed E-state index contributed by atoms with van der Waals surface area (Å²) in [5, 5.41) is 33.3. The summed E-state index contributed by atoms with van der Waals surface area (Å²) in [4.78, 5) is 7.99. The average molecular weight is 632 g/mol. The molecule has 9 nitrogen and oxygen atoms in total. The number of hydrogen-bond acceptors (Lipinski definition) is 8. The van der Waals surface area contributed by atoms with Crippen LogP contribution in [0.4, 0.5) is 42.1 Å². The van der Waals surface area contributed by atoms with Crippen LogP contribution in [0.1, 0.15) is 60.8 Å². The van der Waals surface area contributed by atoms with Crippen molar-refractivity contribution in [3.63, 3.8) is 0 Å². The van der Waals surface area contributed by atoms with Gasteiger partial charge in [-0.2, -0.15) is 41.3 Å². The fraction of sp³-hybridized carbons (Fsp3) is 0.379. The first-order valence-corrected chi connectivity index (χ1v) is 13.5. The molecule has 0 radical (unpaired) electrons. The highest BCUT2D eigenvalue weighted by atomic mass is 19.4. The van der Waals surface area contributed by atoms with Gasteiger partial charge in [-0.15, -0.1) is 5.10 Å². The molecular formula is C29H24F7N9. The number of benzene rings is 1. The first-order valence-electron chi connectivity index (χ1n) is 13.5. The highest BCUT2D eigenvalue weighted by molar-refractivity contribution is 5.99. The Balaban J connectivity index is 1.63. The normalized spacial score (nSPS) is 15.3. The molecule has 1 aliphatic carbocycles. The quantitative estimate of drug-likeness (QED) is 0.163. The molecule has 0 amide bonds. The van der Waals surface area contributed by atoms with E-state index >= 15 is 0 Å². The van der Waals surface area contributed by atoms with Crippen LogP contribution in [0.15, 0.2) is 36.7 Å². The predicted molar refractivity (Wildman–Crippen MR) is 147 cm³/mol. The lowest BCUT2D eigenvalue weighted by atomic mass is 9.92. The number of rotatable bonds is 8. The van der Waals surface area contributed by atoms with E-state index in [1.165, 1.54) is 25.1 Å². The third-order valence-electron chi connectivity index (χ3n) is 7.90. The van der Waals surface area contributed by atoms with Crippen LogP contribution in [0, 0.1) is 40.9 Å². The second-order valence-electron chi connectivity index (χ2n) is 11.4. The van der Waals surface area contributed by atoms with Crippen molar-refractivity contribution in [2.24, 2.45) is 5.41 Å². The number of halogens is 7. The van der Waals surface area contributed by atoms with E-state index in [1.54, 1.807) is 0 Å². The lowest BCUT2D eigenvalue weighted by Crippen LogP contribution is -2.38. The lowest BCUT2D eigenvalue weighted by Gasteiger charge is -2.28. The number of nitrogens with one attached hydrogen (secondary N) is 2. The number of anilines is 2. The maximum atomic E-state index is 13.9. The number of hydrogen-bond donors (Lipinski definition) is 2. The van der Waals surface area contributed by atoms with Crippen LogP contribution in [-0.2, 0) is 5.54 Å². The highest BCUT2D eigenvalue weighted by Crippen LogP contribution is 2.55. The number of nitrogens with zero attached hydrogens (tertiary/aromatic N) is 7. The van der Waals surface area contributed by atoms with E-state index in [0.29, 0.717) is 5.56 Å². The van der Waals surface area contributed by atoms with Crippen molar-refractivity contribution in [1.82, 2.24) is 25.0 Å². The van der Waals surface area contributed by atoms with Crippen molar-refractivity contribution in [1.29, 1.82) is 10.5 Å². The Bertz CT molecular complexity index is 1860. The zero-order chi connectivity index (χ0) is 32.9. The van der Waals surface area contributed by atoms with Gasteiger partial charge in [0, 0.05) is 35.1 Å². The van der Waals surface area contributed by atoms with Gasteiger partial charge < -0.3 is 10.6 Å². The maximum Gasteiger partial charge on any atom is 0.413 e. The van der Waals surface area contributed by atoms with Crippen LogP contribution >= 0.6 is 0 Å². The molecular weight excluding hydrogens is 607 g/mol. The molecule has 16 heteroatoms. The van der Waals surface area contributed by atoms with E-state index in [1.807, 2.05) is 12.1 Å². The summed E-state index contributed by atoms with van der Waals surface area (Å²) in [6.07, 6.45) is -7.24. The summed E-state index contributed by atoms with van der Waals surface area (Å²) < 4.78 is 97.0. The number of nitriles is 2. The Morgan fingerprint density at radius 3 is 2.31 bits per heavy atom. The van der Waals surface area contributed by atoms with Gasteiger partial charge in [0.2, 0.25) is 5.95 Å². The zero-order valence-corrected chi connectivity index (χ0v) is 23.9. The van der Waals surface area contributed by atoms with E-state index < -0.39 is 41.8 Å². The molecule has 0 bridgehead atoms. The fourth-order valence-electron chi connectivity index (χ4n) is 4.86. The molecule has 1 atom stereocenters. The van der Waals surface area contributed by atoms with E-state index in [0.717, 1.165) is 37.0 Å². The Labute approximate surface area is 251 Å². The van der Waals surface area contributed by atoms with Gasteiger partial charge in [0.15, 0.2) is 5.54 Å². The molecule has 234 valence electrons. The lowest BCUT2D eigenvalue weighted by molar-refractivity contribution is -0.206. The van der Waals surface area contributed by atoms with E-state index in [-0.39, 0.29) is 57.6 Å². The minimum atomic E-state index is -4.58. The first-order chi connectivity index (χ1) is 21.0. The molecule has 3 heterocycles. The van der Waals surface area contributed by atoms with Crippen molar-refractivity contribution in [2.75, 3.05) is 17.2 Å². The molecule has 0 aliphatic heterocycles. The minimum Gasteiger partial charge on any atom is -0.382 e. The Hall–Kier alpha value is -4.99. The monoisotopic (exact) mass is 631 g/mol. The maximum absolute atomic E-state index is 13.9. The van der Waals surface area contributed by atoms with Crippen molar-refractivity contribution in [2.45, 2.75) is 57.5 Å². The van der Waals surface area contributed by atoms with Crippen molar-refractivity contribution in [3.05, 3.63) is 70.7 Å². The average Bonchev–Trinajstić information content (AvgIpc) is 3.65. The van der Waals surface area contributed by atoms with Gasteiger partial charge in [-0.25, -0.2) is 9.67 Å². The van der Waals surface area contributed by atoms with E-state index in [9.17, 15) is 41.3 Å². The topological polar surface area (TPSA) is 128 Å². The van der Waals surface area contributed by atoms with Crippen molar-refractivity contribution >= 4 is 22.3 Å². The van der Waals surface area contributed by atoms with Crippen LogP contribution in [0.2, 0.25) is 0 Å². The molecule has 4 aromatic rings. The Morgan fingerprint density at radius 1 is 1.04 bits per heavy atom. The summed E-state index contributed by atoms with van der Waals surface area (Å²) in [6, 6.07) is 8.07. The zero-order valence-electron chi connectivity index (χ0n) is 23.9. The SMILES string of the molecule is Cc1nc(F)ccc1C(Nc1cc(C#N)c2ncc(C#N)c(NCC(C)(C)C(F)(F)F)c2c1)c1cn(C2(C(F)(F)F)CC2)nn1. The summed E-state index contributed by atoms with van der Waals surface area (Å²) in [6.45, 7) is 2.86. The minimum absolute atomic E-state index is 0.00273. The summed E-state index contributed by atoms with van der Waals surface area (Å²) in [7, 11) is 0. The van der Waals surface area contributed by atoms with Gasteiger partial charge in [-0.3, -0.25) is 4.98 Å². The van der Waals surface area contributed by atoms with E-state index in [4.69, 9.17) is 0 Å². The van der Waals surface area contributed by atoms with Gasteiger partial charge in [-0.05, 0) is 51.8 Å². The second kappa shape index (κ2) is 10.9. The third-order valence-corrected chi connectivity index (χ3v) is 7.90. The molecule has 1 aliphatic rings. The molecule has 1 saturated carbocycles. The smallest absolute Gasteiger partial charge is 0.382 e. The third kappa shape index (κ3) is 5.68. The largest absolute Gasteiger partial charge is 0.413 e. The summed E-state index contributed by atoms with van der Waals surface area (Å²) in [5.41, 5.74) is -3.67. The Morgan fingerprint density at radius 2 is 1.73 bits per heavy atom. The van der Waals surface area contributed by atoms with Gasteiger partial charge in [0.05, 0.1) is 40.0 Å². The first kappa shape index (κ1) is 31.4. The van der Waals surface area contributed by atoms with Crippen LogP contribution in [-0.4, -0.2) is 43.9 Å². The second-order valence-corrected chi connectivity index (χ2v) is 11.4. The van der Waals surface area contributed by atoms with Gasteiger partial charge in [0.1, 0.15) is 17.8 Å². The molecule has 3 aromatic heterocycles. The van der Waals surface area contributed by atoms with E-state index in [2.05, 4.69) is 30.9 Å². The summed E-state index contributed by atoms with van der Waals surface area (Å²) in [5.74, 6) is -0.794. The van der Waals surface area contributed by atoms with Crippen LogP contribution < -0.4 is 10.6 Å². The molecule has 1 fully saturated rings. The number of fused-ring (bicyclic) bond motifs is 1. The number of aromatic nitrogens is 5. The van der Waals surface area contributed by atoms with Crippen LogP contribution in [0.25, 0.3) is 10.9 Å². The van der Waals surface area contributed by atoms with Crippen molar-refractivity contribution in [3.8, 4) is 12.1 Å². The van der Waals surface area contributed by atoms with Crippen LogP contribution in [0.5, 0.6) is 0 Å². The molecule has 0 saturated heterocycles. The number of aryl methyl sites for hydroxylation is 1. The highest BCUT2D eigenvalue weighted by Gasteiger charge is 2.66. The van der Waals surface area contributed by atoms with Gasteiger partial charge in [0.25, 0.3) is 0 Å². The van der Waals surface area contributed by atoms with Gasteiger partial charge in [-0.1, -0.05) is 11.3 Å². The molecule has 5 rings (SSSR count). The predicted octanol–water partition coefficient (Wildman–Crippen LogP) is 6.67. The van der Waals surface area contributed by atoms with Crippen molar-refractivity contribution < 1.29 is 30.7 Å². The number of alkyl halides is 6. The van der Waals surface area contributed by atoms with Crippen LogP contribution in [0.3, 0.4) is 0 Å². The molecule has 0 spiro atoms. The molecule has 1 aromatic carbocycles. The summed E-state index contributed by atoms with van der Waals surface area (Å²) >= 11 is 0.